The van der Waals surface area contributed by atoms with Crippen LogP contribution in [0.4, 0.5) is 5.69 Å². The van der Waals surface area contributed by atoms with Gasteiger partial charge in [-0.25, -0.2) is 0 Å². The van der Waals surface area contributed by atoms with Gasteiger partial charge in [-0.1, -0.05) is 64.6 Å². The van der Waals surface area contributed by atoms with Crippen molar-refractivity contribution in [2.24, 2.45) is 0 Å². The Labute approximate surface area is 195 Å². The van der Waals surface area contributed by atoms with Crippen LogP contribution in [-0.2, 0) is 11.4 Å². The maximum Gasteiger partial charge on any atom is 0.266 e. The minimum atomic E-state index is -0.558. The molecule has 0 fully saturated rings. The molecule has 0 aliphatic rings. The number of carbonyl (C=O) groups is 1. The number of nitriles is 1. The summed E-state index contributed by atoms with van der Waals surface area (Å²) in [7, 11) is 0. The zero-order valence-corrected chi connectivity index (χ0v) is 18.7. The predicted molar refractivity (Wildman–Crippen MR) is 126 cm³/mol. The summed E-state index contributed by atoms with van der Waals surface area (Å²) < 4.78 is 5.79. The topological polar surface area (TPSA) is 62.1 Å². The zero-order chi connectivity index (χ0) is 22.4. The molecule has 1 N–H and O–H groups in total. The molecule has 4 nitrogen and oxygen atoms in total. The monoisotopic (exact) mass is 470 g/mol. The van der Waals surface area contributed by atoms with Crippen molar-refractivity contribution >= 4 is 52.5 Å². The van der Waals surface area contributed by atoms with E-state index < -0.39 is 5.91 Å². The number of hydrogen-bond acceptors (Lipinski definition) is 3. The van der Waals surface area contributed by atoms with E-state index in [1.165, 1.54) is 6.08 Å². The largest absolute Gasteiger partial charge is 0.486 e. The van der Waals surface area contributed by atoms with E-state index >= 15 is 0 Å². The lowest BCUT2D eigenvalue weighted by atomic mass is 10.1. The predicted octanol–water partition coefficient (Wildman–Crippen LogP) is 7.08. The molecule has 0 bridgehead atoms. The van der Waals surface area contributed by atoms with Crippen molar-refractivity contribution in [3.05, 3.63) is 98.0 Å². The summed E-state index contributed by atoms with van der Waals surface area (Å²) in [5.41, 5.74) is 3.03. The molecule has 156 valence electrons. The molecule has 0 spiro atoms. The van der Waals surface area contributed by atoms with Gasteiger partial charge in [-0.2, -0.15) is 5.26 Å². The molecule has 3 aromatic carbocycles. The molecule has 0 saturated carbocycles. The average Bonchev–Trinajstić information content (AvgIpc) is 2.73. The number of carbonyl (C=O) groups excluding carboxylic acids is 1. The Hall–Kier alpha value is -2.97. The highest BCUT2D eigenvalue weighted by Gasteiger charge is 2.13. The van der Waals surface area contributed by atoms with Gasteiger partial charge in [-0.3, -0.25) is 4.79 Å². The van der Waals surface area contributed by atoms with Crippen LogP contribution in [0.15, 0.2) is 66.2 Å². The third-order valence-electron chi connectivity index (χ3n) is 4.26. The third kappa shape index (κ3) is 6.26. The Morgan fingerprint density at radius 3 is 2.35 bits per heavy atom. The molecule has 0 aromatic heterocycles. The SMILES string of the molecule is Cc1cccc(COc2c(Cl)cc(/C=C(/C#N)C(=O)Nc3ccc(Cl)cc3)cc2Cl)c1. The lowest BCUT2D eigenvalue weighted by Crippen LogP contribution is -2.13. The number of ether oxygens (including phenoxy) is 1. The summed E-state index contributed by atoms with van der Waals surface area (Å²) in [4.78, 5) is 12.4. The normalized spacial score (nSPS) is 11.0. The van der Waals surface area contributed by atoms with Crippen molar-refractivity contribution in [1.29, 1.82) is 5.26 Å². The molecule has 0 radical (unpaired) electrons. The number of nitrogens with zero attached hydrogens (tertiary/aromatic N) is 1. The van der Waals surface area contributed by atoms with Crippen LogP contribution in [0.1, 0.15) is 16.7 Å². The second kappa shape index (κ2) is 10.4. The second-order valence-electron chi connectivity index (χ2n) is 6.72. The van der Waals surface area contributed by atoms with Crippen LogP contribution in [0.5, 0.6) is 5.75 Å². The number of nitrogens with one attached hydrogen (secondary N) is 1. The second-order valence-corrected chi connectivity index (χ2v) is 7.97. The van der Waals surface area contributed by atoms with Crippen LogP contribution in [0.2, 0.25) is 15.1 Å². The van der Waals surface area contributed by atoms with Gasteiger partial charge in [0.1, 0.15) is 18.2 Å². The van der Waals surface area contributed by atoms with Crippen LogP contribution >= 0.6 is 34.8 Å². The first-order valence-corrected chi connectivity index (χ1v) is 10.3. The van der Waals surface area contributed by atoms with E-state index in [0.717, 1.165) is 11.1 Å². The number of benzene rings is 3. The summed E-state index contributed by atoms with van der Waals surface area (Å²) in [6, 6.07) is 19.5. The number of halogens is 3. The Morgan fingerprint density at radius 1 is 1.06 bits per heavy atom. The van der Waals surface area contributed by atoms with Gasteiger partial charge < -0.3 is 10.1 Å². The van der Waals surface area contributed by atoms with Crippen LogP contribution in [0.3, 0.4) is 0 Å². The Balaban J connectivity index is 1.76. The lowest BCUT2D eigenvalue weighted by molar-refractivity contribution is -0.112. The minimum Gasteiger partial charge on any atom is -0.486 e. The maximum atomic E-state index is 12.4. The number of hydrogen-bond donors (Lipinski definition) is 1. The first-order chi connectivity index (χ1) is 14.9. The molecule has 0 atom stereocenters. The van der Waals surface area contributed by atoms with E-state index in [-0.39, 0.29) is 15.6 Å². The molecule has 3 rings (SSSR count). The van der Waals surface area contributed by atoms with Crippen molar-refractivity contribution in [2.75, 3.05) is 5.32 Å². The molecule has 0 heterocycles. The van der Waals surface area contributed by atoms with Crippen LogP contribution in [0, 0.1) is 18.3 Å². The third-order valence-corrected chi connectivity index (χ3v) is 5.08. The van der Waals surface area contributed by atoms with Crippen LogP contribution in [-0.4, -0.2) is 5.91 Å². The first kappa shape index (κ1) is 22.7. The van der Waals surface area contributed by atoms with Gasteiger partial charge in [0.05, 0.1) is 10.0 Å². The first-order valence-electron chi connectivity index (χ1n) is 9.22. The number of aryl methyl sites for hydroxylation is 1. The highest BCUT2D eigenvalue weighted by molar-refractivity contribution is 6.37. The summed E-state index contributed by atoms with van der Waals surface area (Å²) in [6.45, 7) is 2.31. The molecule has 0 unspecified atom stereocenters. The Morgan fingerprint density at radius 2 is 1.74 bits per heavy atom. The molecule has 31 heavy (non-hydrogen) atoms. The fourth-order valence-corrected chi connectivity index (χ4v) is 3.54. The molecule has 0 aliphatic heterocycles. The van der Waals surface area contributed by atoms with Gasteiger partial charge in [0.15, 0.2) is 5.75 Å². The molecule has 3 aromatic rings. The molecular formula is C24H17Cl3N2O2. The molecule has 7 heteroatoms. The lowest BCUT2D eigenvalue weighted by Gasteiger charge is -2.11. The van der Waals surface area contributed by atoms with Crippen molar-refractivity contribution in [3.63, 3.8) is 0 Å². The van der Waals surface area contributed by atoms with Crippen molar-refractivity contribution < 1.29 is 9.53 Å². The number of anilines is 1. The van der Waals surface area contributed by atoms with E-state index in [1.807, 2.05) is 37.3 Å². The van der Waals surface area contributed by atoms with E-state index in [1.54, 1.807) is 36.4 Å². The molecule has 0 saturated heterocycles. The van der Waals surface area contributed by atoms with Crippen LogP contribution < -0.4 is 10.1 Å². The average molecular weight is 472 g/mol. The van der Waals surface area contributed by atoms with Crippen LogP contribution in [0.25, 0.3) is 6.08 Å². The molecule has 0 aliphatic carbocycles. The summed E-state index contributed by atoms with van der Waals surface area (Å²) >= 11 is 18.5. The highest BCUT2D eigenvalue weighted by Crippen LogP contribution is 2.35. The van der Waals surface area contributed by atoms with Gasteiger partial charge >= 0.3 is 0 Å². The Bertz CT molecular complexity index is 1160. The maximum absolute atomic E-state index is 12.4. The number of amides is 1. The van der Waals surface area contributed by atoms with E-state index in [9.17, 15) is 10.1 Å². The standard InChI is InChI=1S/C24H17Cl3N2O2/c1-15-3-2-4-16(9-15)14-31-23-21(26)11-17(12-22(23)27)10-18(13-28)24(30)29-20-7-5-19(25)6-8-20/h2-12H,14H2,1H3,(H,29,30)/b18-10-. The molecular weight excluding hydrogens is 455 g/mol. The summed E-state index contributed by atoms with van der Waals surface area (Å²) in [6.07, 6.45) is 1.41. The summed E-state index contributed by atoms with van der Waals surface area (Å²) in [5, 5.41) is 13.2. The summed E-state index contributed by atoms with van der Waals surface area (Å²) in [5.74, 6) is -0.219. The zero-order valence-electron chi connectivity index (χ0n) is 16.5. The minimum absolute atomic E-state index is 0.101. The fourth-order valence-electron chi connectivity index (χ4n) is 2.81. The highest BCUT2D eigenvalue weighted by atomic mass is 35.5. The smallest absolute Gasteiger partial charge is 0.266 e. The van der Waals surface area contributed by atoms with E-state index in [0.29, 0.717) is 28.6 Å². The fraction of sp³-hybridized carbons (Fsp3) is 0.0833. The van der Waals surface area contributed by atoms with Gasteiger partial charge in [0.2, 0.25) is 0 Å². The van der Waals surface area contributed by atoms with Crippen molar-refractivity contribution in [1.82, 2.24) is 0 Å². The quantitative estimate of drug-likeness (QED) is 0.308. The van der Waals surface area contributed by atoms with Gasteiger partial charge in [0, 0.05) is 10.7 Å². The van der Waals surface area contributed by atoms with E-state index in [4.69, 9.17) is 39.5 Å². The van der Waals surface area contributed by atoms with Gasteiger partial charge in [-0.15, -0.1) is 0 Å². The Kier molecular flexibility index (Phi) is 7.59. The van der Waals surface area contributed by atoms with Gasteiger partial charge in [-0.05, 0) is 60.5 Å². The van der Waals surface area contributed by atoms with Gasteiger partial charge in [0.25, 0.3) is 5.91 Å². The molecule has 1 amide bonds. The number of rotatable bonds is 6. The van der Waals surface area contributed by atoms with Crippen molar-refractivity contribution in [2.45, 2.75) is 13.5 Å². The van der Waals surface area contributed by atoms with Crippen molar-refractivity contribution in [3.8, 4) is 11.8 Å². The van der Waals surface area contributed by atoms with E-state index in [2.05, 4.69) is 5.32 Å².